The first kappa shape index (κ1) is 13.1. The first-order chi connectivity index (χ1) is 7.44. The van der Waals surface area contributed by atoms with E-state index in [4.69, 9.17) is 0 Å². The highest BCUT2D eigenvalue weighted by Gasteiger charge is 2.15. The third-order valence-corrected chi connectivity index (χ3v) is 3.43. The molecule has 0 aliphatic rings. The number of hydrogen-bond donors (Lipinski definition) is 1. The molecule has 0 aromatic heterocycles. The second-order valence-corrected chi connectivity index (χ2v) is 5.84. The lowest BCUT2D eigenvalue weighted by Crippen LogP contribution is -2.37. The summed E-state index contributed by atoms with van der Waals surface area (Å²) in [5.74, 6) is 0. The van der Waals surface area contributed by atoms with Gasteiger partial charge in [-0.15, -0.1) is 0 Å². The first-order valence-corrected chi connectivity index (χ1v) is 6.50. The van der Waals surface area contributed by atoms with Gasteiger partial charge in [-0.3, -0.25) is 0 Å². The first-order valence-electron chi connectivity index (χ1n) is 5.35. The van der Waals surface area contributed by atoms with Crippen LogP contribution >= 0.6 is 0 Å². The zero-order valence-corrected chi connectivity index (χ0v) is 11.1. The van der Waals surface area contributed by atoms with Crippen LogP contribution in [0.3, 0.4) is 0 Å². The number of benzene rings is 1. The molecule has 0 spiro atoms. The van der Waals surface area contributed by atoms with Gasteiger partial charge in [0.05, 0.1) is 4.90 Å². The molecule has 1 aromatic rings. The summed E-state index contributed by atoms with van der Waals surface area (Å²) >= 11 is 0. The molecular formula is C13H19NOS. The highest BCUT2D eigenvalue weighted by Crippen LogP contribution is 2.15. The van der Waals surface area contributed by atoms with Gasteiger partial charge in [0, 0.05) is 5.54 Å². The van der Waals surface area contributed by atoms with E-state index in [9.17, 15) is 4.21 Å². The normalized spacial score (nSPS) is 14.2. The summed E-state index contributed by atoms with van der Waals surface area (Å²) in [6, 6.07) is 7.72. The SMILES string of the molecule is C/C=C/c1ccccc1S(=O)NC(C)(C)C. The van der Waals surface area contributed by atoms with Crippen molar-refractivity contribution in [2.45, 2.75) is 38.1 Å². The molecule has 1 aromatic carbocycles. The maximum Gasteiger partial charge on any atom is 0.125 e. The predicted octanol–water partition coefficient (Wildman–Crippen LogP) is 3.13. The Morgan fingerprint density at radius 2 is 1.88 bits per heavy atom. The van der Waals surface area contributed by atoms with Crippen LogP contribution in [-0.4, -0.2) is 9.75 Å². The molecule has 88 valence electrons. The van der Waals surface area contributed by atoms with Gasteiger partial charge in [0.25, 0.3) is 0 Å². The topological polar surface area (TPSA) is 29.1 Å². The average molecular weight is 237 g/mol. The number of hydrogen-bond acceptors (Lipinski definition) is 1. The molecule has 1 rings (SSSR count). The van der Waals surface area contributed by atoms with E-state index in [0.717, 1.165) is 10.5 Å². The smallest absolute Gasteiger partial charge is 0.125 e. The van der Waals surface area contributed by atoms with Crippen LogP contribution in [0.2, 0.25) is 0 Å². The Bertz CT molecular complexity index is 405. The Kier molecular flexibility index (Phi) is 4.44. The van der Waals surface area contributed by atoms with Crippen molar-refractivity contribution in [1.29, 1.82) is 0 Å². The molecular weight excluding hydrogens is 218 g/mol. The molecule has 0 saturated heterocycles. The summed E-state index contributed by atoms with van der Waals surface area (Å²) in [5, 5.41) is 0. The van der Waals surface area contributed by atoms with E-state index < -0.39 is 11.0 Å². The van der Waals surface area contributed by atoms with Crippen LogP contribution in [0.1, 0.15) is 33.3 Å². The number of allylic oxidation sites excluding steroid dienone is 1. The molecule has 0 amide bonds. The second-order valence-electron chi connectivity index (χ2n) is 4.66. The van der Waals surface area contributed by atoms with E-state index in [1.807, 2.05) is 64.1 Å². The van der Waals surface area contributed by atoms with E-state index >= 15 is 0 Å². The largest absolute Gasteiger partial charge is 0.237 e. The van der Waals surface area contributed by atoms with Gasteiger partial charge in [-0.25, -0.2) is 8.93 Å². The van der Waals surface area contributed by atoms with Gasteiger partial charge >= 0.3 is 0 Å². The summed E-state index contributed by atoms with van der Waals surface area (Å²) < 4.78 is 15.2. The van der Waals surface area contributed by atoms with Crippen LogP contribution < -0.4 is 4.72 Å². The van der Waals surface area contributed by atoms with Gasteiger partial charge in [0.2, 0.25) is 0 Å². The molecule has 1 unspecified atom stereocenters. The Labute approximate surface area is 100 Å². The van der Waals surface area contributed by atoms with Crippen LogP contribution in [0.4, 0.5) is 0 Å². The zero-order chi connectivity index (χ0) is 12.2. The lowest BCUT2D eigenvalue weighted by molar-refractivity contribution is 0.519. The van der Waals surface area contributed by atoms with Gasteiger partial charge in [-0.2, -0.15) is 0 Å². The third-order valence-electron chi connectivity index (χ3n) is 1.86. The standard InChI is InChI=1S/C13H19NOS/c1-5-8-11-9-6-7-10-12(11)16(15)14-13(2,3)4/h5-10,14H,1-4H3/b8-5+. The lowest BCUT2D eigenvalue weighted by Gasteiger charge is -2.20. The molecule has 16 heavy (non-hydrogen) atoms. The van der Waals surface area contributed by atoms with Crippen molar-refractivity contribution < 1.29 is 4.21 Å². The fourth-order valence-electron chi connectivity index (χ4n) is 1.30. The monoisotopic (exact) mass is 237 g/mol. The Hall–Kier alpha value is -0.930. The lowest BCUT2D eigenvalue weighted by atomic mass is 10.1. The van der Waals surface area contributed by atoms with Gasteiger partial charge in [-0.05, 0) is 39.3 Å². The fourth-order valence-corrected chi connectivity index (χ4v) is 2.52. The van der Waals surface area contributed by atoms with E-state index in [-0.39, 0.29) is 5.54 Å². The predicted molar refractivity (Wildman–Crippen MR) is 70.4 cm³/mol. The summed E-state index contributed by atoms with van der Waals surface area (Å²) in [7, 11) is -1.17. The third kappa shape index (κ3) is 3.91. The van der Waals surface area contributed by atoms with Crippen LogP contribution in [0, 0.1) is 0 Å². The molecule has 2 nitrogen and oxygen atoms in total. The number of rotatable bonds is 3. The average Bonchev–Trinajstić information content (AvgIpc) is 2.16. The van der Waals surface area contributed by atoms with Crippen LogP contribution in [0.25, 0.3) is 6.08 Å². The van der Waals surface area contributed by atoms with E-state index in [2.05, 4.69) is 4.72 Å². The van der Waals surface area contributed by atoms with Gasteiger partial charge in [0.1, 0.15) is 11.0 Å². The van der Waals surface area contributed by atoms with E-state index in [0.29, 0.717) is 0 Å². The Morgan fingerprint density at radius 1 is 1.25 bits per heavy atom. The van der Waals surface area contributed by atoms with Crippen molar-refractivity contribution in [3.05, 3.63) is 35.9 Å². The summed E-state index contributed by atoms with van der Waals surface area (Å²) in [6.07, 6.45) is 3.92. The molecule has 0 aliphatic carbocycles. The molecule has 0 aliphatic heterocycles. The fraction of sp³-hybridized carbons (Fsp3) is 0.385. The molecule has 0 fully saturated rings. The number of nitrogens with one attached hydrogen (secondary N) is 1. The minimum atomic E-state index is -1.17. The second kappa shape index (κ2) is 5.41. The molecule has 1 N–H and O–H groups in total. The Morgan fingerprint density at radius 3 is 2.44 bits per heavy atom. The van der Waals surface area contributed by atoms with Crippen molar-refractivity contribution in [1.82, 2.24) is 4.72 Å². The van der Waals surface area contributed by atoms with Crippen LogP contribution in [0.15, 0.2) is 35.2 Å². The van der Waals surface area contributed by atoms with Gasteiger partial charge in [-0.1, -0.05) is 30.4 Å². The molecule has 0 bridgehead atoms. The zero-order valence-electron chi connectivity index (χ0n) is 10.3. The molecule has 0 heterocycles. The van der Waals surface area contributed by atoms with Crippen molar-refractivity contribution in [2.75, 3.05) is 0 Å². The summed E-state index contributed by atoms with van der Waals surface area (Å²) in [4.78, 5) is 0.829. The summed E-state index contributed by atoms with van der Waals surface area (Å²) in [5.41, 5.74) is 0.841. The molecule has 3 heteroatoms. The van der Waals surface area contributed by atoms with Crippen LogP contribution in [0.5, 0.6) is 0 Å². The molecule has 0 saturated carbocycles. The van der Waals surface area contributed by atoms with Crippen molar-refractivity contribution in [3.63, 3.8) is 0 Å². The van der Waals surface area contributed by atoms with Crippen molar-refractivity contribution in [3.8, 4) is 0 Å². The van der Waals surface area contributed by atoms with Crippen LogP contribution in [-0.2, 0) is 11.0 Å². The van der Waals surface area contributed by atoms with E-state index in [1.165, 1.54) is 0 Å². The van der Waals surface area contributed by atoms with E-state index in [1.54, 1.807) is 0 Å². The summed E-state index contributed by atoms with van der Waals surface area (Å²) in [6.45, 7) is 7.96. The maximum absolute atomic E-state index is 12.1. The maximum atomic E-state index is 12.1. The van der Waals surface area contributed by atoms with Gasteiger partial charge < -0.3 is 0 Å². The Balaban J connectivity index is 2.99. The highest BCUT2D eigenvalue weighted by molar-refractivity contribution is 7.83. The highest BCUT2D eigenvalue weighted by atomic mass is 32.2. The molecule has 1 atom stereocenters. The minimum absolute atomic E-state index is 0.159. The van der Waals surface area contributed by atoms with Crippen molar-refractivity contribution in [2.24, 2.45) is 0 Å². The molecule has 0 radical (unpaired) electrons. The van der Waals surface area contributed by atoms with Gasteiger partial charge in [0.15, 0.2) is 0 Å². The minimum Gasteiger partial charge on any atom is -0.237 e. The van der Waals surface area contributed by atoms with Crippen molar-refractivity contribution >= 4 is 17.1 Å². The quantitative estimate of drug-likeness (QED) is 0.859.